The smallest absolute Gasteiger partial charge is 0.109 e. The van der Waals surface area contributed by atoms with Gasteiger partial charge in [0.2, 0.25) is 0 Å². The average molecular weight is 226 g/mol. The molecule has 4 heteroatoms. The molecule has 0 aromatic carbocycles. The molecular formula is C11H23BN2S. The van der Waals surface area contributed by atoms with Gasteiger partial charge in [0.25, 0.3) is 0 Å². The number of hydrogen-bond acceptors (Lipinski definition) is 3. The fourth-order valence-corrected chi connectivity index (χ4v) is 3.65. The van der Waals surface area contributed by atoms with Crippen LogP contribution in [0.4, 0.5) is 0 Å². The topological polar surface area (TPSA) is 6.48 Å². The second kappa shape index (κ2) is 3.97. The van der Waals surface area contributed by atoms with Gasteiger partial charge in [0.15, 0.2) is 0 Å². The summed E-state index contributed by atoms with van der Waals surface area (Å²) in [6.07, 6.45) is 5.40. The monoisotopic (exact) mass is 226 g/mol. The highest BCUT2D eigenvalue weighted by atomic mass is 32.1. The van der Waals surface area contributed by atoms with Crippen LogP contribution in [0.15, 0.2) is 0 Å². The van der Waals surface area contributed by atoms with Gasteiger partial charge in [-0.3, -0.25) is 9.80 Å². The summed E-state index contributed by atoms with van der Waals surface area (Å²) in [4.78, 5) is 4.88. The van der Waals surface area contributed by atoms with E-state index in [0.717, 1.165) is 6.04 Å². The van der Waals surface area contributed by atoms with E-state index in [2.05, 4.69) is 51.3 Å². The highest BCUT2D eigenvalue weighted by molar-refractivity contribution is 7.80. The Hall–Kier alpha value is 0.335. The molecule has 4 unspecified atom stereocenters. The Labute approximate surface area is 100 Å². The second-order valence-corrected chi connectivity index (χ2v) is 6.53. The maximum Gasteiger partial charge on any atom is 0.109 e. The molecule has 1 heterocycles. The molecule has 1 aliphatic heterocycles. The molecule has 0 spiro atoms. The first-order chi connectivity index (χ1) is 6.92. The van der Waals surface area contributed by atoms with Crippen molar-refractivity contribution in [2.75, 3.05) is 14.1 Å². The van der Waals surface area contributed by atoms with Crippen molar-refractivity contribution >= 4 is 20.5 Å². The van der Waals surface area contributed by atoms with Crippen LogP contribution in [0.1, 0.15) is 32.6 Å². The molecule has 86 valence electrons. The molecule has 2 aliphatic rings. The number of fused-ring (bicyclic) bond motifs is 1. The highest BCUT2D eigenvalue weighted by Crippen LogP contribution is 2.44. The molecule has 1 aliphatic carbocycles. The van der Waals surface area contributed by atoms with Crippen LogP contribution in [0.3, 0.4) is 0 Å². The predicted molar refractivity (Wildman–Crippen MR) is 71.3 cm³/mol. The predicted octanol–water partition coefficient (Wildman–Crippen LogP) is 1.20. The normalized spacial score (nSPS) is 48.9. The van der Waals surface area contributed by atoms with Crippen molar-refractivity contribution in [3.8, 4) is 0 Å². The summed E-state index contributed by atoms with van der Waals surface area (Å²) in [7, 11) is 6.85. The number of thiol groups is 1. The molecule has 2 rings (SSSR count). The van der Waals surface area contributed by atoms with Gasteiger partial charge < -0.3 is 0 Å². The minimum Gasteiger partial charge on any atom is -0.278 e. The van der Waals surface area contributed by atoms with Crippen molar-refractivity contribution in [3.63, 3.8) is 0 Å². The highest BCUT2D eigenvalue weighted by Gasteiger charge is 2.44. The molecular weight excluding hydrogens is 203 g/mol. The van der Waals surface area contributed by atoms with Crippen LogP contribution in [0.5, 0.6) is 0 Å². The number of hydrogen-bond donors (Lipinski definition) is 1. The van der Waals surface area contributed by atoms with Crippen molar-refractivity contribution in [1.82, 2.24) is 9.80 Å². The Morgan fingerprint density at radius 3 is 2.53 bits per heavy atom. The lowest BCUT2D eigenvalue weighted by molar-refractivity contribution is 0.235. The van der Waals surface area contributed by atoms with Gasteiger partial charge in [-0.05, 0) is 26.9 Å². The Bertz CT molecular complexity index is 247. The Morgan fingerprint density at radius 2 is 1.87 bits per heavy atom. The van der Waals surface area contributed by atoms with Gasteiger partial charge in [-0.2, -0.15) is 0 Å². The van der Waals surface area contributed by atoms with Crippen LogP contribution in [-0.2, 0) is 0 Å². The first kappa shape index (κ1) is 11.8. The van der Waals surface area contributed by atoms with E-state index in [1.807, 2.05) is 0 Å². The zero-order valence-corrected chi connectivity index (χ0v) is 11.3. The van der Waals surface area contributed by atoms with E-state index in [1.165, 1.54) is 25.7 Å². The van der Waals surface area contributed by atoms with Crippen LogP contribution in [-0.4, -0.2) is 49.3 Å². The lowest BCUT2D eigenvalue weighted by Gasteiger charge is -2.30. The van der Waals surface area contributed by atoms with E-state index in [9.17, 15) is 0 Å². The van der Waals surface area contributed by atoms with Gasteiger partial charge in [-0.25, -0.2) is 0 Å². The van der Waals surface area contributed by atoms with Gasteiger partial charge in [0.1, 0.15) is 13.3 Å². The third kappa shape index (κ3) is 2.09. The van der Waals surface area contributed by atoms with Crippen molar-refractivity contribution in [2.24, 2.45) is 0 Å². The minimum atomic E-state index is 0.314. The fraction of sp³-hybridized carbons (Fsp3) is 1.00. The summed E-state index contributed by atoms with van der Waals surface area (Å²) in [6.45, 7) is 2.41. The van der Waals surface area contributed by atoms with Crippen molar-refractivity contribution in [3.05, 3.63) is 0 Å². The van der Waals surface area contributed by atoms with Crippen LogP contribution >= 0.6 is 12.6 Å². The molecule has 0 amide bonds. The largest absolute Gasteiger partial charge is 0.278 e. The maximum absolute atomic E-state index is 4.68. The van der Waals surface area contributed by atoms with Crippen LogP contribution in [0, 0.1) is 0 Å². The van der Waals surface area contributed by atoms with Crippen LogP contribution in [0.25, 0.3) is 0 Å². The molecule has 1 saturated carbocycles. The van der Waals surface area contributed by atoms with E-state index < -0.39 is 0 Å². The third-order valence-corrected chi connectivity index (χ3v) is 5.06. The second-order valence-electron chi connectivity index (χ2n) is 6.07. The molecule has 0 bridgehead atoms. The van der Waals surface area contributed by atoms with Crippen molar-refractivity contribution in [2.45, 2.75) is 55.5 Å². The average Bonchev–Trinajstić information content (AvgIpc) is 2.35. The van der Waals surface area contributed by atoms with Gasteiger partial charge in [-0.15, -0.1) is 12.6 Å². The zero-order chi connectivity index (χ0) is 11.2. The van der Waals surface area contributed by atoms with E-state index in [4.69, 9.17) is 0 Å². The maximum atomic E-state index is 4.68. The van der Waals surface area contributed by atoms with Crippen molar-refractivity contribution in [1.29, 1.82) is 0 Å². The summed E-state index contributed by atoms with van der Waals surface area (Å²) >= 11 is 4.68. The number of nitrogens with zero attached hydrogens (tertiary/aromatic N) is 2. The van der Waals surface area contributed by atoms with Crippen LogP contribution in [0.2, 0.25) is 5.31 Å². The standard InChI is InChI=1S/C11H23BN2S/c1-11(12)6-4-5-8-9(7-11)14(3)10(15)13(8)2/h8-10,15H,4-7,12H2,1-3H3. The zero-order valence-electron chi connectivity index (χ0n) is 10.4. The molecule has 15 heavy (non-hydrogen) atoms. The lowest BCUT2D eigenvalue weighted by Crippen LogP contribution is -2.35. The first-order valence-electron chi connectivity index (χ1n) is 6.04. The number of rotatable bonds is 0. The van der Waals surface area contributed by atoms with Gasteiger partial charge >= 0.3 is 0 Å². The molecule has 0 aromatic heterocycles. The SMILES string of the molecule is BC1(C)CCCC2C(C1)N(C)C(S)N2C. The Balaban J connectivity index is 2.19. The summed E-state index contributed by atoms with van der Waals surface area (Å²) in [6, 6.07) is 1.43. The Morgan fingerprint density at radius 1 is 1.27 bits per heavy atom. The minimum absolute atomic E-state index is 0.314. The van der Waals surface area contributed by atoms with Gasteiger partial charge in [0.05, 0.1) is 0 Å². The summed E-state index contributed by atoms with van der Waals surface area (Å²) in [5, 5.41) is 0.506. The van der Waals surface area contributed by atoms with Gasteiger partial charge in [0, 0.05) is 12.1 Å². The fourth-order valence-electron chi connectivity index (χ4n) is 3.31. The van der Waals surface area contributed by atoms with E-state index >= 15 is 0 Å². The summed E-state index contributed by atoms with van der Waals surface area (Å²) < 4.78 is 0. The molecule has 0 radical (unpaired) electrons. The van der Waals surface area contributed by atoms with E-state index in [-0.39, 0.29) is 0 Å². The molecule has 2 nitrogen and oxygen atoms in total. The number of likely N-dealkylation sites (N-methyl/N-ethyl adjacent to an activating group) is 2. The van der Waals surface area contributed by atoms with E-state index in [0.29, 0.717) is 16.9 Å². The molecule has 0 N–H and O–H groups in total. The van der Waals surface area contributed by atoms with Gasteiger partial charge in [-0.1, -0.05) is 25.1 Å². The third-order valence-electron chi connectivity index (χ3n) is 4.33. The lowest BCUT2D eigenvalue weighted by atomic mass is 9.65. The van der Waals surface area contributed by atoms with E-state index in [1.54, 1.807) is 0 Å². The Kier molecular flexibility index (Phi) is 3.13. The summed E-state index contributed by atoms with van der Waals surface area (Å²) in [5.74, 6) is 0. The molecule has 1 saturated heterocycles. The quantitative estimate of drug-likeness (QED) is 0.490. The van der Waals surface area contributed by atoms with Crippen molar-refractivity contribution < 1.29 is 0 Å². The summed E-state index contributed by atoms with van der Waals surface area (Å²) in [5.41, 5.74) is 0.314. The molecule has 4 atom stereocenters. The molecule has 2 fully saturated rings. The van der Waals surface area contributed by atoms with Crippen LogP contribution < -0.4 is 0 Å². The molecule has 0 aromatic rings. The first-order valence-corrected chi connectivity index (χ1v) is 6.56.